The molecule has 0 radical (unpaired) electrons. The zero-order valence-corrected chi connectivity index (χ0v) is 12.7. The second kappa shape index (κ2) is 6.91. The van der Waals surface area contributed by atoms with Crippen molar-refractivity contribution >= 4 is 11.6 Å². The minimum Gasteiger partial charge on any atom is -0.399 e. The summed E-state index contributed by atoms with van der Waals surface area (Å²) < 4.78 is 5.56. The van der Waals surface area contributed by atoms with Crippen molar-refractivity contribution in [1.82, 2.24) is 4.90 Å². The molecule has 0 spiro atoms. The number of nitrogens with zero attached hydrogens (tertiary/aromatic N) is 1. The fourth-order valence-electron chi connectivity index (χ4n) is 2.68. The standard InChI is InChI=1S/C16H24N2O3/c1-11(13-3-5-14(17)6-4-13)7-16(20)18-8-12(2)21-15(9-18)10-19/h3-6,11-12,15,19H,7-10,17H2,1-2H3. The highest BCUT2D eigenvalue weighted by molar-refractivity contribution is 5.77. The summed E-state index contributed by atoms with van der Waals surface area (Å²) in [5, 5.41) is 9.22. The molecule has 1 aromatic carbocycles. The maximum atomic E-state index is 12.4. The largest absolute Gasteiger partial charge is 0.399 e. The number of nitrogen functional groups attached to an aromatic ring is 1. The van der Waals surface area contributed by atoms with E-state index in [1.807, 2.05) is 38.1 Å². The third-order valence-electron chi connectivity index (χ3n) is 3.87. The monoisotopic (exact) mass is 292 g/mol. The minimum atomic E-state index is -0.274. The first-order chi connectivity index (χ1) is 9.99. The van der Waals surface area contributed by atoms with Gasteiger partial charge in [0.2, 0.25) is 5.91 Å². The Kier molecular flexibility index (Phi) is 5.20. The fraction of sp³-hybridized carbons (Fsp3) is 0.562. The van der Waals surface area contributed by atoms with Crippen LogP contribution in [0.2, 0.25) is 0 Å². The maximum Gasteiger partial charge on any atom is 0.223 e. The molecule has 3 N–H and O–H groups in total. The van der Waals surface area contributed by atoms with Crippen LogP contribution < -0.4 is 5.73 Å². The summed E-state index contributed by atoms with van der Waals surface area (Å²) in [4.78, 5) is 14.2. The zero-order chi connectivity index (χ0) is 15.4. The number of ether oxygens (including phenoxy) is 1. The van der Waals surface area contributed by atoms with Gasteiger partial charge in [0.1, 0.15) is 0 Å². The van der Waals surface area contributed by atoms with Crippen LogP contribution in [0.5, 0.6) is 0 Å². The Morgan fingerprint density at radius 2 is 2.10 bits per heavy atom. The number of benzene rings is 1. The zero-order valence-electron chi connectivity index (χ0n) is 12.7. The quantitative estimate of drug-likeness (QED) is 0.822. The van der Waals surface area contributed by atoms with Gasteiger partial charge in [0.25, 0.3) is 0 Å². The summed E-state index contributed by atoms with van der Waals surface area (Å²) >= 11 is 0. The van der Waals surface area contributed by atoms with Gasteiger partial charge in [0, 0.05) is 25.2 Å². The molecule has 1 heterocycles. The van der Waals surface area contributed by atoms with Crippen LogP contribution >= 0.6 is 0 Å². The van der Waals surface area contributed by atoms with Crippen molar-refractivity contribution in [3.63, 3.8) is 0 Å². The van der Waals surface area contributed by atoms with Gasteiger partial charge in [-0.2, -0.15) is 0 Å². The van der Waals surface area contributed by atoms with Gasteiger partial charge < -0.3 is 20.5 Å². The van der Waals surface area contributed by atoms with Crippen molar-refractivity contribution < 1.29 is 14.6 Å². The first-order valence-electron chi connectivity index (χ1n) is 7.39. The van der Waals surface area contributed by atoms with E-state index < -0.39 is 0 Å². The molecule has 5 nitrogen and oxygen atoms in total. The number of aliphatic hydroxyl groups excluding tert-OH is 1. The Bertz CT molecular complexity index is 475. The van der Waals surface area contributed by atoms with Gasteiger partial charge in [0.15, 0.2) is 0 Å². The third-order valence-corrected chi connectivity index (χ3v) is 3.87. The first-order valence-corrected chi connectivity index (χ1v) is 7.39. The predicted molar refractivity (Wildman–Crippen MR) is 81.9 cm³/mol. The van der Waals surface area contributed by atoms with Crippen LogP contribution in [-0.2, 0) is 9.53 Å². The molecule has 3 unspecified atom stereocenters. The van der Waals surface area contributed by atoms with Crippen molar-refractivity contribution in [2.45, 2.75) is 38.4 Å². The Morgan fingerprint density at radius 3 is 2.71 bits per heavy atom. The lowest BCUT2D eigenvalue weighted by molar-refractivity contribution is -0.147. The summed E-state index contributed by atoms with van der Waals surface area (Å²) in [6, 6.07) is 7.64. The molecule has 21 heavy (non-hydrogen) atoms. The van der Waals surface area contributed by atoms with Crippen LogP contribution in [0.25, 0.3) is 0 Å². The van der Waals surface area contributed by atoms with Gasteiger partial charge in [-0.3, -0.25) is 4.79 Å². The van der Waals surface area contributed by atoms with Crippen molar-refractivity contribution in [2.75, 3.05) is 25.4 Å². The van der Waals surface area contributed by atoms with Crippen molar-refractivity contribution in [3.05, 3.63) is 29.8 Å². The smallest absolute Gasteiger partial charge is 0.223 e. The molecule has 0 saturated carbocycles. The second-order valence-electron chi connectivity index (χ2n) is 5.82. The van der Waals surface area contributed by atoms with Crippen molar-refractivity contribution in [1.29, 1.82) is 0 Å². The molecule has 116 valence electrons. The second-order valence-corrected chi connectivity index (χ2v) is 5.82. The van der Waals surface area contributed by atoms with E-state index in [4.69, 9.17) is 10.5 Å². The van der Waals surface area contributed by atoms with Gasteiger partial charge in [0.05, 0.1) is 18.8 Å². The van der Waals surface area contributed by atoms with Gasteiger partial charge in [-0.15, -0.1) is 0 Å². The van der Waals surface area contributed by atoms with Crippen molar-refractivity contribution in [3.8, 4) is 0 Å². The van der Waals surface area contributed by atoms with Crippen LogP contribution in [0.1, 0.15) is 31.7 Å². The number of hydrogen-bond acceptors (Lipinski definition) is 4. The maximum absolute atomic E-state index is 12.4. The van der Waals surface area contributed by atoms with E-state index in [2.05, 4.69) is 0 Å². The Balaban J connectivity index is 1.95. The Morgan fingerprint density at radius 1 is 1.43 bits per heavy atom. The van der Waals surface area contributed by atoms with Crippen LogP contribution in [0.15, 0.2) is 24.3 Å². The molecule has 5 heteroatoms. The Labute approximate surface area is 125 Å². The van der Waals surface area contributed by atoms with Gasteiger partial charge in [-0.25, -0.2) is 0 Å². The van der Waals surface area contributed by atoms with Gasteiger partial charge >= 0.3 is 0 Å². The summed E-state index contributed by atoms with van der Waals surface area (Å²) in [5.41, 5.74) is 7.51. The topological polar surface area (TPSA) is 75.8 Å². The van der Waals surface area contributed by atoms with Crippen LogP contribution in [0.4, 0.5) is 5.69 Å². The molecule has 1 aliphatic rings. The third kappa shape index (κ3) is 4.19. The molecule has 3 atom stereocenters. The van der Waals surface area contributed by atoms with Gasteiger partial charge in [-0.1, -0.05) is 19.1 Å². The number of aliphatic hydroxyl groups is 1. The van der Waals surface area contributed by atoms with E-state index in [0.717, 1.165) is 11.3 Å². The SMILES string of the molecule is CC1CN(C(=O)CC(C)c2ccc(N)cc2)CC(CO)O1. The lowest BCUT2D eigenvalue weighted by Crippen LogP contribution is -2.50. The molecule has 1 aromatic rings. The minimum absolute atomic E-state index is 0.0355. The molecule has 1 aliphatic heterocycles. The molecule has 2 rings (SSSR count). The summed E-state index contributed by atoms with van der Waals surface area (Å²) in [7, 11) is 0. The predicted octanol–water partition coefficient (Wildman–Crippen LogP) is 1.37. The van der Waals surface area contributed by atoms with Crippen LogP contribution in [-0.4, -0.2) is 47.8 Å². The fourth-order valence-corrected chi connectivity index (χ4v) is 2.68. The van der Waals surface area contributed by atoms with E-state index in [-0.39, 0.29) is 30.6 Å². The Hall–Kier alpha value is -1.59. The number of hydrogen-bond donors (Lipinski definition) is 2. The highest BCUT2D eigenvalue weighted by Crippen LogP contribution is 2.22. The number of anilines is 1. The average molecular weight is 292 g/mol. The molecule has 0 bridgehead atoms. The molecular weight excluding hydrogens is 268 g/mol. The van der Waals surface area contributed by atoms with Crippen LogP contribution in [0.3, 0.4) is 0 Å². The lowest BCUT2D eigenvalue weighted by atomic mass is 9.96. The number of nitrogens with two attached hydrogens (primary N) is 1. The summed E-state index contributed by atoms with van der Waals surface area (Å²) in [6.45, 7) is 4.96. The number of carbonyl (C=O) groups excluding carboxylic acids is 1. The number of carbonyl (C=O) groups is 1. The molecule has 1 fully saturated rings. The van der Waals surface area contributed by atoms with E-state index in [1.54, 1.807) is 4.90 Å². The average Bonchev–Trinajstić information content (AvgIpc) is 2.47. The normalized spacial score (nSPS) is 23.9. The molecule has 1 saturated heterocycles. The van der Waals surface area contributed by atoms with E-state index >= 15 is 0 Å². The van der Waals surface area contributed by atoms with Crippen molar-refractivity contribution in [2.24, 2.45) is 0 Å². The highest BCUT2D eigenvalue weighted by Gasteiger charge is 2.28. The highest BCUT2D eigenvalue weighted by atomic mass is 16.5. The van der Waals surface area contributed by atoms with Crippen LogP contribution in [0, 0.1) is 0 Å². The molecule has 0 aromatic heterocycles. The van der Waals surface area contributed by atoms with Gasteiger partial charge in [-0.05, 0) is 30.5 Å². The summed E-state index contributed by atoms with van der Waals surface area (Å²) in [6.07, 6.45) is 0.144. The molecule has 1 amide bonds. The summed E-state index contributed by atoms with van der Waals surface area (Å²) in [5.74, 6) is 0.247. The number of morpholine rings is 1. The van der Waals surface area contributed by atoms with E-state index in [0.29, 0.717) is 19.5 Å². The molecule has 0 aliphatic carbocycles. The molecular formula is C16H24N2O3. The number of rotatable bonds is 4. The number of amides is 1. The van der Waals surface area contributed by atoms with E-state index in [1.165, 1.54) is 0 Å². The lowest BCUT2D eigenvalue weighted by Gasteiger charge is -2.36. The van der Waals surface area contributed by atoms with E-state index in [9.17, 15) is 9.90 Å². The first kappa shape index (κ1) is 15.8.